The van der Waals surface area contributed by atoms with Crippen LogP contribution in [0, 0.1) is 13.8 Å². The van der Waals surface area contributed by atoms with E-state index in [0.717, 1.165) is 21.7 Å². The Kier molecular flexibility index (Phi) is 6.03. The summed E-state index contributed by atoms with van der Waals surface area (Å²) in [7, 11) is 1.70. The zero-order chi connectivity index (χ0) is 23.7. The SMILES string of the molecule is Cc1ccc(N2C(=O)C(Cl)=C(Nc3cc(C(=O)N(C)c4ccccc4)ccc3C)C2=O)cc1. The molecule has 0 atom stereocenters. The predicted molar refractivity (Wildman–Crippen MR) is 131 cm³/mol. The van der Waals surface area contributed by atoms with E-state index in [0.29, 0.717) is 16.9 Å². The molecule has 0 radical (unpaired) electrons. The number of benzene rings is 3. The summed E-state index contributed by atoms with van der Waals surface area (Å²) >= 11 is 6.26. The standard InChI is InChI=1S/C26H22ClN3O3/c1-16-9-13-20(14-10-16)30-25(32)22(27)23(26(30)33)28-21-15-18(12-11-17(21)2)24(31)29(3)19-7-5-4-6-8-19/h4-15,28H,1-3H3. The van der Waals surface area contributed by atoms with Crippen LogP contribution in [0.5, 0.6) is 0 Å². The van der Waals surface area contributed by atoms with Crippen molar-refractivity contribution < 1.29 is 14.4 Å². The fraction of sp³-hybridized carbons (Fsp3) is 0.115. The average molecular weight is 460 g/mol. The maximum atomic E-state index is 13.1. The molecule has 6 nitrogen and oxygen atoms in total. The van der Waals surface area contributed by atoms with Gasteiger partial charge in [0, 0.05) is 24.0 Å². The van der Waals surface area contributed by atoms with Crippen LogP contribution in [0.3, 0.4) is 0 Å². The molecule has 0 saturated carbocycles. The Balaban J connectivity index is 1.61. The van der Waals surface area contributed by atoms with Crippen LogP contribution in [0.25, 0.3) is 0 Å². The van der Waals surface area contributed by atoms with E-state index in [1.165, 1.54) is 0 Å². The number of aryl methyl sites for hydroxylation is 2. The zero-order valence-electron chi connectivity index (χ0n) is 18.4. The first-order valence-corrected chi connectivity index (χ1v) is 10.7. The molecule has 3 aromatic rings. The molecule has 1 aliphatic rings. The van der Waals surface area contributed by atoms with Gasteiger partial charge in [-0.15, -0.1) is 0 Å². The Bertz CT molecular complexity index is 1280. The molecule has 7 heteroatoms. The van der Waals surface area contributed by atoms with E-state index in [-0.39, 0.29) is 16.6 Å². The molecule has 0 saturated heterocycles. The second-order valence-corrected chi connectivity index (χ2v) is 8.20. The van der Waals surface area contributed by atoms with E-state index in [1.807, 2.05) is 56.3 Å². The predicted octanol–water partition coefficient (Wildman–Crippen LogP) is 5.02. The minimum absolute atomic E-state index is 0.0219. The van der Waals surface area contributed by atoms with Crippen LogP contribution in [-0.2, 0) is 9.59 Å². The first-order chi connectivity index (χ1) is 15.8. The van der Waals surface area contributed by atoms with Gasteiger partial charge >= 0.3 is 0 Å². The fourth-order valence-corrected chi connectivity index (χ4v) is 3.74. The van der Waals surface area contributed by atoms with E-state index in [1.54, 1.807) is 42.3 Å². The van der Waals surface area contributed by atoms with Crippen LogP contribution < -0.4 is 15.1 Å². The Morgan fingerprint density at radius 1 is 0.909 bits per heavy atom. The quantitative estimate of drug-likeness (QED) is 0.544. The molecule has 3 amide bonds. The maximum Gasteiger partial charge on any atom is 0.283 e. The average Bonchev–Trinajstić information content (AvgIpc) is 3.03. The summed E-state index contributed by atoms with van der Waals surface area (Å²) in [6, 6.07) is 21.5. The van der Waals surface area contributed by atoms with E-state index < -0.39 is 11.8 Å². The van der Waals surface area contributed by atoms with Crippen LogP contribution in [0.2, 0.25) is 0 Å². The molecule has 0 aliphatic carbocycles. The molecule has 33 heavy (non-hydrogen) atoms. The zero-order valence-corrected chi connectivity index (χ0v) is 19.2. The summed E-state index contributed by atoms with van der Waals surface area (Å²) in [4.78, 5) is 41.4. The molecular formula is C26H22ClN3O3. The second kappa shape index (κ2) is 8.92. The maximum absolute atomic E-state index is 13.1. The molecular weight excluding hydrogens is 438 g/mol. The van der Waals surface area contributed by atoms with Gasteiger partial charge in [0.1, 0.15) is 10.7 Å². The Morgan fingerprint density at radius 3 is 2.24 bits per heavy atom. The third-order valence-corrected chi connectivity index (χ3v) is 5.86. The number of anilines is 3. The van der Waals surface area contributed by atoms with Crippen molar-refractivity contribution in [3.05, 3.63) is 100 Å². The third kappa shape index (κ3) is 4.25. The monoisotopic (exact) mass is 459 g/mol. The van der Waals surface area contributed by atoms with Crippen molar-refractivity contribution in [2.45, 2.75) is 13.8 Å². The van der Waals surface area contributed by atoms with Crippen LogP contribution in [0.4, 0.5) is 17.1 Å². The van der Waals surface area contributed by atoms with Crippen molar-refractivity contribution in [2.24, 2.45) is 0 Å². The minimum Gasteiger partial charge on any atom is -0.349 e. The first kappa shape index (κ1) is 22.3. The number of para-hydroxylation sites is 1. The van der Waals surface area contributed by atoms with Crippen molar-refractivity contribution in [3.8, 4) is 0 Å². The number of amides is 3. The number of halogens is 1. The Labute approximate surface area is 197 Å². The van der Waals surface area contributed by atoms with Gasteiger partial charge in [-0.3, -0.25) is 14.4 Å². The lowest BCUT2D eigenvalue weighted by atomic mass is 10.1. The Morgan fingerprint density at radius 2 is 1.58 bits per heavy atom. The van der Waals surface area contributed by atoms with Crippen molar-refractivity contribution in [1.82, 2.24) is 0 Å². The van der Waals surface area contributed by atoms with Gasteiger partial charge in [-0.1, -0.05) is 53.6 Å². The summed E-state index contributed by atoms with van der Waals surface area (Å²) in [6.45, 7) is 3.76. The molecule has 0 bridgehead atoms. The smallest absolute Gasteiger partial charge is 0.283 e. The summed E-state index contributed by atoms with van der Waals surface area (Å²) in [5.41, 5.74) is 3.92. The number of hydrogen-bond donors (Lipinski definition) is 1. The third-order valence-electron chi connectivity index (χ3n) is 5.51. The van der Waals surface area contributed by atoms with Crippen LogP contribution in [0.1, 0.15) is 21.5 Å². The fourth-order valence-electron chi connectivity index (χ4n) is 3.53. The van der Waals surface area contributed by atoms with Crippen molar-refractivity contribution in [3.63, 3.8) is 0 Å². The lowest BCUT2D eigenvalue weighted by molar-refractivity contribution is -0.120. The molecule has 1 aliphatic heterocycles. The lowest BCUT2D eigenvalue weighted by Crippen LogP contribution is -2.32. The van der Waals surface area contributed by atoms with Crippen molar-refractivity contribution >= 4 is 46.4 Å². The van der Waals surface area contributed by atoms with Crippen LogP contribution >= 0.6 is 11.6 Å². The molecule has 0 aromatic heterocycles. The molecule has 4 rings (SSSR count). The highest BCUT2D eigenvalue weighted by Crippen LogP contribution is 2.31. The number of carbonyl (C=O) groups excluding carboxylic acids is 3. The van der Waals surface area contributed by atoms with E-state index in [4.69, 9.17) is 11.6 Å². The van der Waals surface area contributed by atoms with Crippen LogP contribution in [-0.4, -0.2) is 24.8 Å². The van der Waals surface area contributed by atoms with Gasteiger partial charge in [-0.25, -0.2) is 4.90 Å². The number of nitrogens with zero attached hydrogens (tertiary/aromatic N) is 2. The van der Waals surface area contributed by atoms with Gasteiger partial charge in [0.2, 0.25) is 0 Å². The first-order valence-electron chi connectivity index (χ1n) is 10.3. The van der Waals surface area contributed by atoms with E-state index in [9.17, 15) is 14.4 Å². The molecule has 0 fully saturated rings. The topological polar surface area (TPSA) is 69.7 Å². The summed E-state index contributed by atoms with van der Waals surface area (Å²) in [6.07, 6.45) is 0. The Hall–Kier alpha value is -3.90. The molecule has 1 heterocycles. The van der Waals surface area contributed by atoms with Gasteiger partial charge < -0.3 is 10.2 Å². The van der Waals surface area contributed by atoms with Crippen molar-refractivity contribution in [2.75, 3.05) is 22.2 Å². The molecule has 0 spiro atoms. The van der Waals surface area contributed by atoms with E-state index >= 15 is 0 Å². The highest BCUT2D eigenvalue weighted by Gasteiger charge is 2.39. The molecule has 0 unspecified atom stereocenters. The lowest BCUT2D eigenvalue weighted by Gasteiger charge is -2.19. The number of hydrogen-bond acceptors (Lipinski definition) is 4. The highest BCUT2D eigenvalue weighted by molar-refractivity contribution is 6.53. The number of nitrogens with one attached hydrogen (secondary N) is 1. The summed E-state index contributed by atoms with van der Waals surface area (Å²) in [5.74, 6) is -1.35. The molecule has 166 valence electrons. The number of imide groups is 1. The number of carbonyl (C=O) groups is 3. The highest BCUT2D eigenvalue weighted by atomic mass is 35.5. The normalized spacial score (nSPS) is 13.5. The van der Waals surface area contributed by atoms with E-state index in [2.05, 4.69) is 5.32 Å². The van der Waals surface area contributed by atoms with Gasteiger partial charge in [0.15, 0.2) is 0 Å². The van der Waals surface area contributed by atoms with Gasteiger partial charge in [-0.2, -0.15) is 0 Å². The second-order valence-electron chi connectivity index (χ2n) is 7.82. The van der Waals surface area contributed by atoms with Crippen LogP contribution in [0.15, 0.2) is 83.5 Å². The largest absolute Gasteiger partial charge is 0.349 e. The van der Waals surface area contributed by atoms with Gasteiger partial charge in [-0.05, 0) is 55.8 Å². The molecule has 1 N–H and O–H groups in total. The molecule has 3 aromatic carbocycles. The minimum atomic E-state index is -0.596. The van der Waals surface area contributed by atoms with Crippen molar-refractivity contribution in [1.29, 1.82) is 0 Å². The van der Waals surface area contributed by atoms with Gasteiger partial charge in [0.25, 0.3) is 17.7 Å². The summed E-state index contributed by atoms with van der Waals surface area (Å²) < 4.78 is 0. The van der Waals surface area contributed by atoms with Gasteiger partial charge in [0.05, 0.1) is 5.69 Å². The number of rotatable bonds is 5. The summed E-state index contributed by atoms with van der Waals surface area (Å²) in [5, 5.41) is 2.79.